The van der Waals surface area contributed by atoms with Crippen LogP contribution in [-0.4, -0.2) is 24.4 Å². The van der Waals surface area contributed by atoms with E-state index in [1.165, 1.54) is 0 Å². The molecule has 3 aromatic rings. The van der Waals surface area contributed by atoms with Gasteiger partial charge in [-0.05, 0) is 36.1 Å². The van der Waals surface area contributed by atoms with Crippen molar-refractivity contribution in [2.24, 2.45) is 0 Å². The maximum Gasteiger partial charge on any atom is 0.143 e. The predicted molar refractivity (Wildman–Crippen MR) is 134 cm³/mol. The van der Waals surface area contributed by atoms with Crippen LogP contribution < -0.4 is 0 Å². The maximum atomic E-state index is 6.55. The SMILES string of the molecule is CC/C=C1\O[C@H](C)[C@@H](OCc2ccccc2)[C@H](OCc2ccccc2)[C@@H]1OCc1ccccc1. The molecular formula is C30H34O4. The predicted octanol–water partition coefficient (Wildman–Crippen LogP) is 6.46. The van der Waals surface area contributed by atoms with Gasteiger partial charge in [0.15, 0.2) is 0 Å². The highest BCUT2D eigenvalue weighted by atomic mass is 16.6. The number of ether oxygens (including phenoxy) is 4. The van der Waals surface area contributed by atoms with Crippen molar-refractivity contribution in [3.8, 4) is 0 Å². The van der Waals surface area contributed by atoms with Gasteiger partial charge in [-0.1, -0.05) is 97.9 Å². The third-order valence-corrected chi connectivity index (χ3v) is 5.94. The van der Waals surface area contributed by atoms with Crippen molar-refractivity contribution in [2.45, 2.75) is 64.5 Å². The van der Waals surface area contributed by atoms with Gasteiger partial charge in [0.1, 0.15) is 30.2 Å². The molecule has 4 atom stereocenters. The topological polar surface area (TPSA) is 36.9 Å². The van der Waals surface area contributed by atoms with Crippen molar-refractivity contribution in [1.29, 1.82) is 0 Å². The highest BCUT2D eigenvalue weighted by molar-refractivity contribution is 5.17. The van der Waals surface area contributed by atoms with Crippen molar-refractivity contribution in [3.63, 3.8) is 0 Å². The highest BCUT2D eigenvalue weighted by Crippen LogP contribution is 2.32. The van der Waals surface area contributed by atoms with E-state index in [0.717, 1.165) is 28.9 Å². The molecular weight excluding hydrogens is 424 g/mol. The van der Waals surface area contributed by atoms with Gasteiger partial charge in [0.2, 0.25) is 0 Å². The fourth-order valence-electron chi connectivity index (χ4n) is 4.20. The molecule has 0 aliphatic carbocycles. The van der Waals surface area contributed by atoms with Crippen LogP contribution >= 0.6 is 0 Å². The Kier molecular flexibility index (Phi) is 8.91. The van der Waals surface area contributed by atoms with Crippen LogP contribution in [0.5, 0.6) is 0 Å². The Labute approximate surface area is 203 Å². The molecule has 1 fully saturated rings. The lowest BCUT2D eigenvalue weighted by atomic mass is 9.97. The first-order chi connectivity index (χ1) is 16.7. The zero-order valence-electron chi connectivity index (χ0n) is 20.0. The summed E-state index contributed by atoms with van der Waals surface area (Å²) >= 11 is 0. The van der Waals surface area contributed by atoms with Crippen molar-refractivity contribution < 1.29 is 18.9 Å². The Morgan fingerprint density at radius 2 is 1.09 bits per heavy atom. The number of allylic oxidation sites excluding steroid dienone is 1. The van der Waals surface area contributed by atoms with E-state index in [1.54, 1.807) is 0 Å². The second-order valence-electron chi connectivity index (χ2n) is 8.58. The third-order valence-electron chi connectivity index (χ3n) is 5.94. The van der Waals surface area contributed by atoms with E-state index in [4.69, 9.17) is 18.9 Å². The molecule has 0 bridgehead atoms. The summed E-state index contributed by atoms with van der Waals surface area (Å²) in [5.41, 5.74) is 3.35. The van der Waals surface area contributed by atoms with E-state index < -0.39 is 0 Å². The Morgan fingerprint density at radius 1 is 0.647 bits per heavy atom. The molecule has 1 aliphatic heterocycles. The number of rotatable bonds is 10. The second kappa shape index (κ2) is 12.5. The van der Waals surface area contributed by atoms with Gasteiger partial charge in [-0.25, -0.2) is 0 Å². The molecule has 4 rings (SSSR count). The molecule has 0 N–H and O–H groups in total. The number of hydrogen-bond donors (Lipinski definition) is 0. The lowest BCUT2D eigenvalue weighted by Gasteiger charge is -2.42. The van der Waals surface area contributed by atoms with Crippen LogP contribution in [-0.2, 0) is 38.8 Å². The van der Waals surface area contributed by atoms with Crippen LogP contribution in [0.15, 0.2) is 103 Å². The van der Waals surface area contributed by atoms with Crippen molar-refractivity contribution in [2.75, 3.05) is 0 Å². The van der Waals surface area contributed by atoms with Gasteiger partial charge in [0.25, 0.3) is 0 Å². The summed E-state index contributed by atoms with van der Waals surface area (Å²) in [4.78, 5) is 0. The standard InChI is InChI=1S/C30H34O4/c1-3-13-27-29(32-21-25-16-9-5-10-17-25)30(33-22-26-18-11-6-12-19-26)28(23(2)34-27)31-20-24-14-7-4-8-15-24/h4-19,23,28-30H,3,20-22H2,1-2H3/b27-13-/t23-,28-,29-,30+/m1/s1. The van der Waals surface area contributed by atoms with E-state index in [1.807, 2.05) is 61.5 Å². The van der Waals surface area contributed by atoms with Gasteiger partial charge in [-0.3, -0.25) is 0 Å². The molecule has 178 valence electrons. The van der Waals surface area contributed by atoms with E-state index in [0.29, 0.717) is 19.8 Å². The largest absolute Gasteiger partial charge is 0.490 e. The minimum Gasteiger partial charge on any atom is -0.490 e. The van der Waals surface area contributed by atoms with Crippen molar-refractivity contribution in [3.05, 3.63) is 120 Å². The molecule has 3 aromatic carbocycles. The Bertz CT molecular complexity index is 1000. The molecule has 1 aliphatic rings. The average molecular weight is 459 g/mol. The average Bonchev–Trinajstić information content (AvgIpc) is 2.88. The zero-order chi connectivity index (χ0) is 23.6. The molecule has 0 aromatic heterocycles. The minimum atomic E-state index is -0.360. The summed E-state index contributed by atoms with van der Waals surface area (Å²) in [6.45, 7) is 5.59. The number of benzene rings is 3. The molecule has 4 heteroatoms. The molecule has 1 heterocycles. The van der Waals surface area contributed by atoms with Crippen LogP contribution in [0.3, 0.4) is 0 Å². The summed E-state index contributed by atoms with van der Waals surface area (Å²) in [6, 6.07) is 30.6. The quantitative estimate of drug-likeness (QED) is 0.350. The molecule has 0 saturated carbocycles. The first kappa shape index (κ1) is 24.2. The Morgan fingerprint density at radius 3 is 1.56 bits per heavy atom. The Balaban J connectivity index is 1.57. The molecule has 1 saturated heterocycles. The van der Waals surface area contributed by atoms with E-state index in [2.05, 4.69) is 49.4 Å². The minimum absolute atomic E-state index is 0.168. The fraction of sp³-hybridized carbons (Fsp3) is 0.333. The van der Waals surface area contributed by atoms with Crippen LogP contribution in [0.25, 0.3) is 0 Å². The first-order valence-electron chi connectivity index (χ1n) is 12.1. The van der Waals surface area contributed by atoms with Gasteiger partial charge in [-0.15, -0.1) is 0 Å². The summed E-state index contributed by atoms with van der Waals surface area (Å²) in [7, 11) is 0. The van der Waals surface area contributed by atoms with Crippen LogP contribution in [0.2, 0.25) is 0 Å². The van der Waals surface area contributed by atoms with E-state index in [9.17, 15) is 0 Å². The van der Waals surface area contributed by atoms with Crippen molar-refractivity contribution >= 4 is 0 Å². The van der Waals surface area contributed by atoms with Crippen LogP contribution in [0.1, 0.15) is 37.0 Å². The van der Waals surface area contributed by atoms with Gasteiger partial charge >= 0.3 is 0 Å². The Hall–Kier alpha value is -2.92. The van der Waals surface area contributed by atoms with Gasteiger partial charge in [0.05, 0.1) is 19.8 Å². The summed E-state index contributed by atoms with van der Waals surface area (Å²) in [6.07, 6.45) is 1.83. The molecule has 34 heavy (non-hydrogen) atoms. The summed E-state index contributed by atoms with van der Waals surface area (Å²) < 4.78 is 25.8. The fourth-order valence-corrected chi connectivity index (χ4v) is 4.20. The van der Waals surface area contributed by atoms with Gasteiger partial charge < -0.3 is 18.9 Å². The highest BCUT2D eigenvalue weighted by Gasteiger charge is 2.44. The lowest BCUT2D eigenvalue weighted by Crippen LogP contribution is -2.54. The monoisotopic (exact) mass is 458 g/mol. The van der Waals surface area contributed by atoms with Gasteiger partial charge in [-0.2, -0.15) is 0 Å². The zero-order valence-corrected chi connectivity index (χ0v) is 20.0. The van der Waals surface area contributed by atoms with Crippen LogP contribution in [0.4, 0.5) is 0 Å². The van der Waals surface area contributed by atoms with Crippen LogP contribution in [0, 0.1) is 0 Å². The normalized spacial score (nSPS) is 23.5. The maximum absolute atomic E-state index is 6.55. The lowest BCUT2D eigenvalue weighted by molar-refractivity contribution is -0.210. The van der Waals surface area contributed by atoms with Crippen molar-refractivity contribution in [1.82, 2.24) is 0 Å². The molecule has 4 nitrogen and oxygen atoms in total. The van der Waals surface area contributed by atoms with E-state index in [-0.39, 0.29) is 24.4 Å². The molecule has 0 amide bonds. The number of hydrogen-bond acceptors (Lipinski definition) is 4. The second-order valence-corrected chi connectivity index (χ2v) is 8.58. The third kappa shape index (κ3) is 6.57. The molecule has 0 unspecified atom stereocenters. The molecule has 0 spiro atoms. The first-order valence-corrected chi connectivity index (χ1v) is 12.1. The summed E-state index contributed by atoms with van der Waals surface area (Å²) in [5.74, 6) is 0.823. The van der Waals surface area contributed by atoms with Gasteiger partial charge in [0, 0.05) is 0 Å². The smallest absolute Gasteiger partial charge is 0.143 e. The summed E-state index contributed by atoms with van der Waals surface area (Å²) in [5, 5.41) is 0. The van der Waals surface area contributed by atoms with E-state index >= 15 is 0 Å². The molecule has 0 radical (unpaired) electrons.